The van der Waals surface area contributed by atoms with Crippen LogP contribution in [0, 0.1) is 5.92 Å². The molecule has 0 radical (unpaired) electrons. The number of ketones is 1. The highest BCUT2D eigenvalue weighted by Crippen LogP contribution is 2.55. The summed E-state index contributed by atoms with van der Waals surface area (Å²) in [5.74, 6) is 2.20. The fraction of sp³-hybridized carbons (Fsp3) is 0.269. The second-order valence-corrected chi connectivity index (χ2v) is 7.71. The van der Waals surface area contributed by atoms with Crippen LogP contribution >= 0.6 is 0 Å². The van der Waals surface area contributed by atoms with Gasteiger partial charge in [0.2, 0.25) is 0 Å². The Morgan fingerprint density at radius 3 is 2.23 bits per heavy atom. The van der Waals surface area contributed by atoms with Crippen molar-refractivity contribution in [3.8, 4) is 17.2 Å². The number of hydrogen-bond donors (Lipinski definition) is 0. The molecular formula is C26H26O4. The summed E-state index contributed by atoms with van der Waals surface area (Å²) >= 11 is 0. The van der Waals surface area contributed by atoms with E-state index in [4.69, 9.17) is 14.2 Å². The Bertz CT molecular complexity index is 1000. The van der Waals surface area contributed by atoms with Gasteiger partial charge in [-0.25, -0.2) is 0 Å². The normalized spacial score (nSPS) is 19.7. The molecule has 4 rings (SSSR count). The highest BCUT2D eigenvalue weighted by atomic mass is 16.5. The van der Waals surface area contributed by atoms with Crippen molar-refractivity contribution < 1.29 is 19.0 Å². The molecule has 30 heavy (non-hydrogen) atoms. The van der Waals surface area contributed by atoms with E-state index in [9.17, 15) is 4.79 Å². The van der Waals surface area contributed by atoms with Gasteiger partial charge in [0, 0.05) is 23.8 Å². The van der Waals surface area contributed by atoms with Crippen LogP contribution in [-0.2, 0) is 16.6 Å². The first-order valence-corrected chi connectivity index (χ1v) is 10.1. The zero-order chi connectivity index (χ0) is 21.0. The molecule has 1 aliphatic rings. The number of rotatable bonds is 9. The summed E-state index contributed by atoms with van der Waals surface area (Å²) in [5.41, 5.74) is 1.91. The molecule has 0 aliphatic heterocycles. The van der Waals surface area contributed by atoms with E-state index >= 15 is 0 Å². The van der Waals surface area contributed by atoms with E-state index in [1.165, 1.54) is 0 Å². The zero-order valence-electron chi connectivity index (χ0n) is 17.3. The summed E-state index contributed by atoms with van der Waals surface area (Å²) in [6, 6.07) is 25.6. The first kappa shape index (κ1) is 20.0. The Hall–Kier alpha value is -3.27. The SMILES string of the molecule is COc1ccc(OC[C@@]2(c3ccccc3)C[C@H]2C(=O)Cc2ccccc2)cc1OC. The Morgan fingerprint density at radius 1 is 0.900 bits per heavy atom. The summed E-state index contributed by atoms with van der Waals surface area (Å²) in [6.45, 7) is 0.442. The van der Waals surface area contributed by atoms with E-state index in [0.29, 0.717) is 30.3 Å². The van der Waals surface area contributed by atoms with Crippen LogP contribution in [0.1, 0.15) is 17.5 Å². The monoisotopic (exact) mass is 402 g/mol. The van der Waals surface area contributed by atoms with E-state index in [-0.39, 0.29) is 17.1 Å². The maximum Gasteiger partial charge on any atom is 0.164 e. The molecule has 1 saturated carbocycles. The van der Waals surface area contributed by atoms with Gasteiger partial charge in [-0.15, -0.1) is 0 Å². The van der Waals surface area contributed by atoms with E-state index in [1.54, 1.807) is 14.2 Å². The second kappa shape index (κ2) is 8.62. The molecule has 0 heterocycles. The molecule has 0 amide bonds. The molecule has 3 aromatic rings. The van der Waals surface area contributed by atoms with Crippen LogP contribution in [0.3, 0.4) is 0 Å². The Kier molecular flexibility index (Phi) is 5.75. The van der Waals surface area contributed by atoms with Crippen LogP contribution in [0.15, 0.2) is 78.9 Å². The largest absolute Gasteiger partial charge is 0.493 e. The standard InChI is InChI=1S/C26H26O4/c1-28-24-14-13-21(16-25(24)29-2)30-18-26(20-11-7-4-8-12-20)17-22(26)23(27)15-19-9-5-3-6-10-19/h3-14,16,22H,15,17-18H2,1-2H3/t22-,26+/m0/s1. The second-order valence-electron chi connectivity index (χ2n) is 7.71. The first-order valence-electron chi connectivity index (χ1n) is 10.1. The minimum absolute atomic E-state index is 0.0414. The van der Waals surface area contributed by atoms with Gasteiger partial charge in [-0.3, -0.25) is 4.79 Å². The smallest absolute Gasteiger partial charge is 0.164 e. The van der Waals surface area contributed by atoms with Crippen molar-refractivity contribution in [3.63, 3.8) is 0 Å². The molecule has 0 unspecified atom stereocenters. The number of benzene rings is 3. The molecule has 0 saturated heterocycles. The van der Waals surface area contributed by atoms with Crippen LogP contribution in [-0.4, -0.2) is 26.6 Å². The van der Waals surface area contributed by atoms with Crippen molar-refractivity contribution in [3.05, 3.63) is 90.0 Å². The maximum atomic E-state index is 13.1. The predicted molar refractivity (Wildman–Crippen MR) is 116 cm³/mol. The third kappa shape index (κ3) is 4.04. The van der Waals surface area contributed by atoms with Gasteiger partial charge in [-0.2, -0.15) is 0 Å². The number of Topliss-reactive ketones (excluding diaryl/α,β-unsaturated/α-hetero) is 1. The lowest BCUT2D eigenvalue weighted by Gasteiger charge is -2.19. The molecule has 0 bridgehead atoms. The van der Waals surface area contributed by atoms with Crippen molar-refractivity contribution in [1.82, 2.24) is 0 Å². The minimum atomic E-state index is -0.291. The third-order valence-corrected chi connectivity index (χ3v) is 5.89. The van der Waals surface area contributed by atoms with Crippen LogP contribution in [0.2, 0.25) is 0 Å². The predicted octanol–water partition coefficient (Wildman–Crippen LogP) is 4.85. The molecule has 1 aliphatic carbocycles. The molecular weight excluding hydrogens is 376 g/mol. The summed E-state index contributed by atoms with van der Waals surface area (Å²) < 4.78 is 16.8. The minimum Gasteiger partial charge on any atom is -0.493 e. The topological polar surface area (TPSA) is 44.8 Å². The van der Waals surface area contributed by atoms with Gasteiger partial charge in [0.05, 0.1) is 20.8 Å². The summed E-state index contributed by atoms with van der Waals surface area (Å²) in [7, 11) is 3.21. The molecule has 4 nitrogen and oxygen atoms in total. The fourth-order valence-electron chi connectivity index (χ4n) is 4.10. The van der Waals surface area contributed by atoms with Gasteiger partial charge >= 0.3 is 0 Å². The molecule has 0 aromatic heterocycles. The average molecular weight is 402 g/mol. The lowest BCUT2D eigenvalue weighted by atomic mass is 9.91. The highest BCUT2D eigenvalue weighted by molar-refractivity contribution is 5.88. The maximum absolute atomic E-state index is 13.1. The molecule has 3 aromatic carbocycles. The van der Waals surface area contributed by atoms with Gasteiger partial charge in [0.1, 0.15) is 11.5 Å². The number of hydrogen-bond acceptors (Lipinski definition) is 4. The molecule has 0 spiro atoms. The Labute approximate surface area is 177 Å². The number of methoxy groups -OCH3 is 2. The van der Waals surface area contributed by atoms with Crippen molar-refractivity contribution in [2.45, 2.75) is 18.3 Å². The average Bonchev–Trinajstić information content (AvgIpc) is 3.55. The van der Waals surface area contributed by atoms with Gasteiger partial charge in [0.25, 0.3) is 0 Å². The van der Waals surface area contributed by atoms with Gasteiger partial charge in [-0.05, 0) is 29.7 Å². The van der Waals surface area contributed by atoms with Crippen LogP contribution in [0.5, 0.6) is 17.2 Å². The van der Waals surface area contributed by atoms with E-state index < -0.39 is 0 Å². The summed E-state index contributed by atoms with van der Waals surface area (Å²) in [5, 5.41) is 0. The molecule has 2 atom stereocenters. The molecule has 4 heteroatoms. The third-order valence-electron chi connectivity index (χ3n) is 5.89. The number of ether oxygens (including phenoxy) is 3. The Balaban J connectivity index is 1.53. The van der Waals surface area contributed by atoms with Crippen molar-refractivity contribution >= 4 is 5.78 Å². The quantitative estimate of drug-likeness (QED) is 0.513. The highest BCUT2D eigenvalue weighted by Gasteiger charge is 2.59. The van der Waals surface area contributed by atoms with Crippen LogP contribution in [0.4, 0.5) is 0 Å². The lowest BCUT2D eigenvalue weighted by Crippen LogP contribution is -2.24. The molecule has 0 N–H and O–H groups in total. The van der Waals surface area contributed by atoms with Gasteiger partial charge in [0.15, 0.2) is 11.5 Å². The van der Waals surface area contributed by atoms with E-state index in [2.05, 4.69) is 12.1 Å². The van der Waals surface area contributed by atoms with Gasteiger partial charge in [-0.1, -0.05) is 60.7 Å². The molecule has 1 fully saturated rings. The van der Waals surface area contributed by atoms with Crippen molar-refractivity contribution in [2.24, 2.45) is 5.92 Å². The summed E-state index contributed by atoms with van der Waals surface area (Å²) in [4.78, 5) is 13.1. The zero-order valence-corrected chi connectivity index (χ0v) is 17.3. The lowest BCUT2D eigenvalue weighted by molar-refractivity contribution is -0.120. The summed E-state index contributed by atoms with van der Waals surface area (Å²) in [6.07, 6.45) is 1.26. The van der Waals surface area contributed by atoms with Crippen LogP contribution < -0.4 is 14.2 Å². The number of carbonyl (C=O) groups excluding carboxylic acids is 1. The fourth-order valence-corrected chi connectivity index (χ4v) is 4.10. The van der Waals surface area contributed by atoms with Crippen molar-refractivity contribution in [2.75, 3.05) is 20.8 Å². The number of carbonyl (C=O) groups is 1. The van der Waals surface area contributed by atoms with Crippen LogP contribution in [0.25, 0.3) is 0 Å². The van der Waals surface area contributed by atoms with Gasteiger partial charge < -0.3 is 14.2 Å². The van der Waals surface area contributed by atoms with E-state index in [1.807, 2.05) is 66.7 Å². The van der Waals surface area contributed by atoms with E-state index in [0.717, 1.165) is 17.5 Å². The van der Waals surface area contributed by atoms with Crippen molar-refractivity contribution in [1.29, 1.82) is 0 Å². The Morgan fingerprint density at radius 2 is 1.57 bits per heavy atom. The first-order chi connectivity index (χ1) is 14.7. The molecule has 154 valence electrons.